The number of anilines is 1. The van der Waals surface area contributed by atoms with Crippen LogP contribution in [-0.2, 0) is 11.0 Å². The quantitative estimate of drug-likeness (QED) is 0.600. The van der Waals surface area contributed by atoms with Gasteiger partial charge in [0.25, 0.3) is 0 Å². The van der Waals surface area contributed by atoms with E-state index in [1.807, 2.05) is 13.8 Å². The van der Waals surface area contributed by atoms with E-state index in [1.165, 1.54) is 12.1 Å². The van der Waals surface area contributed by atoms with Crippen molar-refractivity contribution in [1.82, 2.24) is 20.4 Å². The maximum absolute atomic E-state index is 12.8. The monoisotopic (exact) mass is 419 g/mol. The molecule has 0 bridgehead atoms. The Balaban J connectivity index is 1.65. The molecule has 0 aliphatic carbocycles. The smallest absolute Gasteiger partial charge is 0.376 e. The molecule has 0 saturated carbocycles. The Labute approximate surface area is 170 Å². The first-order valence-corrected chi connectivity index (χ1v) is 9.18. The molecule has 1 atom stereocenters. The van der Waals surface area contributed by atoms with E-state index in [-0.39, 0.29) is 24.0 Å². The summed E-state index contributed by atoms with van der Waals surface area (Å²) >= 11 is 0. The van der Waals surface area contributed by atoms with Crippen molar-refractivity contribution in [1.29, 1.82) is 0 Å². The fraction of sp³-hybridized carbons (Fsp3) is 0.300. The molecule has 158 valence electrons. The molecular formula is C20H20F3N5O2. The van der Waals surface area contributed by atoms with Gasteiger partial charge in [0, 0.05) is 23.6 Å². The van der Waals surface area contributed by atoms with E-state index in [0.717, 1.165) is 17.7 Å². The van der Waals surface area contributed by atoms with Crippen molar-refractivity contribution in [3.8, 4) is 11.4 Å². The zero-order valence-electron chi connectivity index (χ0n) is 16.3. The summed E-state index contributed by atoms with van der Waals surface area (Å²) in [5.74, 6) is 0.127. The predicted molar refractivity (Wildman–Crippen MR) is 103 cm³/mol. The van der Waals surface area contributed by atoms with Crippen molar-refractivity contribution in [3.05, 3.63) is 60.2 Å². The maximum atomic E-state index is 12.8. The first-order valence-electron chi connectivity index (χ1n) is 9.18. The lowest BCUT2D eigenvalue weighted by Gasteiger charge is -2.19. The Bertz CT molecular complexity index is 989. The first-order chi connectivity index (χ1) is 14.2. The molecule has 2 aromatic heterocycles. The highest BCUT2D eigenvalue weighted by atomic mass is 19.4. The van der Waals surface area contributed by atoms with E-state index in [2.05, 4.69) is 25.8 Å². The second-order valence-electron chi connectivity index (χ2n) is 6.91. The summed E-state index contributed by atoms with van der Waals surface area (Å²) in [7, 11) is 0. The molecule has 0 radical (unpaired) electrons. The van der Waals surface area contributed by atoms with Crippen LogP contribution in [0, 0.1) is 5.92 Å². The summed E-state index contributed by atoms with van der Waals surface area (Å²) in [6.45, 7) is 3.54. The minimum Gasteiger partial charge on any atom is -0.376 e. The van der Waals surface area contributed by atoms with Crippen molar-refractivity contribution in [2.24, 2.45) is 5.92 Å². The molecule has 3 aromatic rings. The molecule has 0 aliphatic heterocycles. The number of pyridine rings is 1. The van der Waals surface area contributed by atoms with Crippen LogP contribution in [0.4, 0.5) is 18.9 Å². The van der Waals surface area contributed by atoms with Gasteiger partial charge in [0.2, 0.25) is 17.6 Å². The molecule has 3 rings (SSSR count). The van der Waals surface area contributed by atoms with E-state index in [0.29, 0.717) is 5.82 Å². The van der Waals surface area contributed by atoms with Crippen LogP contribution < -0.4 is 10.6 Å². The molecule has 1 unspecified atom stereocenters. The van der Waals surface area contributed by atoms with Gasteiger partial charge in [0.05, 0.1) is 12.1 Å². The van der Waals surface area contributed by atoms with Crippen molar-refractivity contribution in [2.75, 3.05) is 11.9 Å². The van der Waals surface area contributed by atoms with E-state index in [9.17, 15) is 18.0 Å². The van der Waals surface area contributed by atoms with Crippen LogP contribution in [0.1, 0.15) is 31.3 Å². The zero-order chi connectivity index (χ0) is 21.7. The number of alkyl halides is 3. The summed E-state index contributed by atoms with van der Waals surface area (Å²) < 4.78 is 43.7. The van der Waals surface area contributed by atoms with Crippen LogP contribution in [0.3, 0.4) is 0 Å². The summed E-state index contributed by atoms with van der Waals surface area (Å²) in [4.78, 5) is 20.6. The lowest BCUT2D eigenvalue weighted by molar-refractivity contribution is -0.137. The van der Waals surface area contributed by atoms with E-state index in [1.54, 1.807) is 24.5 Å². The van der Waals surface area contributed by atoms with Gasteiger partial charge in [-0.25, -0.2) is 0 Å². The van der Waals surface area contributed by atoms with Gasteiger partial charge in [-0.2, -0.15) is 18.2 Å². The highest BCUT2D eigenvalue weighted by Crippen LogP contribution is 2.30. The van der Waals surface area contributed by atoms with Gasteiger partial charge in [-0.05, 0) is 36.2 Å². The number of hydrogen-bond acceptors (Lipinski definition) is 6. The minimum atomic E-state index is -4.45. The van der Waals surface area contributed by atoms with Gasteiger partial charge in [-0.3, -0.25) is 9.78 Å². The summed E-state index contributed by atoms with van der Waals surface area (Å²) in [6, 6.07) is 7.57. The minimum absolute atomic E-state index is 0.0618. The van der Waals surface area contributed by atoms with Gasteiger partial charge < -0.3 is 15.2 Å². The molecule has 0 spiro atoms. The molecule has 0 saturated heterocycles. The van der Waals surface area contributed by atoms with Gasteiger partial charge in [-0.15, -0.1) is 0 Å². The van der Waals surface area contributed by atoms with Crippen LogP contribution in [0.15, 0.2) is 53.3 Å². The Morgan fingerprint density at radius 3 is 2.57 bits per heavy atom. The predicted octanol–water partition coefficient (Wildman–Crippen LogP) is 4.08. The second-order valence-corrected chi connectivity index (χ2v) is 6.91. The molecule has 1 aromatic carbocycles. The molecule has 0 fully saturated rings. The largest absolute Gasteiger partial charge is 0.416 e. The Morgan fingerprint density at radius 1 is 1.17 bits per heavy atom. The third kappa shape index (κ3) is 5.34. The topological polar surface area (TPSA) is 92.9 Å². The molecule has 10 heteroatoms. The average Bonchev–Trinajstić information content (AvgIpc) is 3.20. The second kappa shape index (κ2) is 8.93. The van der Waals surface area contributed by atoms with E-state index < -0.39 is 23.7 Å². The normalized spacial score (nSPS) is 12.6. The van der Waals surface area contributed by atoms with Crippen LogP contribution in [0.25, 0.3) is 11.4 Å². The van der Waals surface area contributed by atoms with Gasteiger partial charge in [-0.1, -0.05) is 25.1 Å². The molecule has 7 nitrogen and oxygen atoms in total. The van der Waals surface area contributed by atoms with Crippen molar-refractivity contribution < 1.29 is 22.5 Å². The lowest BCUT2D eigenvalue weighted by atomic mass is 10.0. The van der Waals surface area contributed by atoms with Crippen LogP contribution in [0.5, 0.6) is 0 Å². The summed E-state index contributed by atoms with van der Waals surface area (Å²) in [5.41, 5.74) is 0.126. The molecule has 2 N–H and O–H groups in total. The molecule has 1 amide bonds. The Hall–Kier alpha value is -3.43. The van der Waals surface area contributed by atoms with Gasteiger partial charge in [0.15, 0.2) is 0 Å². The number of nitrogens with one attached hydrogen (secondary N) is 2. The lowest BCUT2D eigenvalue weighted by Crippen LogP contribution is -2.36. The van der Waals surface area contributed by atoms with Gasteiger partial charge >= 0.3 is 6.18 Å². The van der Waals surface area contributed by atoms with Crippen molar-refractivity contribution >= 4 is 11.6 Å². The molecule has 2 heterocycles. The number of halogens is 3. The van der Waals surface area contributed by atoms with Crippen molar-refractivity contribution in [3.63, 3.8) is 0 Å². The van der Waals surface area contributed by atoms with E-state index in [4.69, 9.17) is 4.52 Å². The molecule has 30 heavy (non-hydrogen) atoms. The summed E-state index contributed by atoms with van der Waals surface area (Å²) in [5, 5.41) is 9.41. The number of amides is 1. The highest BCUT2D eigenvalue weighted by Gasteiger charge is 2.30. The van der Waals surface area contributed by atoms with Crippen molar-refractivity contribution in [2.45, 2.75) is 26.1 Å². The first kappa shape index (κ1) is 21.3. The Morgan fingerprint density at radius 2 is 1.90 bits per heavy atom. The zero-order valence-corrected chi connectivity index (χ0v) is 16.3. The fourth-order valence-corrected chi connectivity index (χ4v) is 2.71. The number of nitrogens with zero attached hydrogens (tertiary/aromatic N) is 3. The van der Waals surface area contributed by atoms with E-state index >= 15 is 0 Å². The number of rotatable bonds is 7. The standard InChI is InChI=1S/C20H20F3N5O2/c1-12(2)17(19-27-18(28-30-19)13-6-8-24-9-7-13)26-16(29)11-25-15-5-3-4-14(10-15)20(21,22)23/h3-10,12,17,25H,11H2,1-2H3,(H,26,29). The Kier molecular flexibility index (Phi) is 6.34. The maximum Gasteiger partial charge on any atom is 0.416 e. The SMILES string of the molecule is CC(C)C(NC(=O)CNc1cccc(C(F)(F)F)c1)c1nc(-c2ccncc2)no1. The highest BCUT2D eigenvalue weighted by molar-refractivity contribution is 5.81. The number of carbonyl (C=O) groups is 1. The fourth-order valence-electron chi connectivity index (χ4n) is 2.71. The summed E-state index contributed by atoms with van der Waals surface area (Å²) in [6.07, 6.45) is -1.24. The number of hydrogen-bond donors (Lipinski definition) is 2. The number of carbonyl (C=O) groups excluding carboxylic acids is 1. The third-order valence-electron chi connectivity index (χ3n) is 4.27. The van der Waals surface area contributed by atoms with Crippen LogP contribution >= 0.6 is 0 Å². The van der Waals surface area contributed by atoms with Crippen LogP contribution in [-0.4, -0.2) is 27.6 Å². The third-order valence-corrected chi connectivity index (χ3v) is 4.27. The molecule has 0 aliphatic rings. The number of benzene rings is 1. The van der Waals surface area contributed by atoms with Gasteiger partial charge in [0.1, 0.15) is 6.04 Å². The number of aromatic nitrogens is 3. The van der Waals surface area contributed by atoms with Crippen LogP contribution in [0.2, 0.25) is 0 Å². The average molecular weight is 419 g/mol. The molecular weight excluding hydrogens is 399 g/mol.